The van der Waals surface area contributed by atoms with E-state index in [4.69, 9.17) is 4.74 Å². The minimum absolute atomic E-state index is 0.197. The second kappa shape index (κ2) is 9.47. The van der Waals surface area contributed by atoms with E-state index in [1.165, 1.54) is 0 Å². The minimum Gasteiger partial charge on any atom is -0.481 e. The van der Waals surface area contributed by atoms with Crippen LogP contribution in [-0.2, 0) is 4.79 Å². The highest BCUT2D eigenvalue weighted by atomic mass is 16.5. The van der Waals surface area contributed by atoms with Crippen LogP contribution in [0.5, 0.6) is 5.75 Å². The number of ether oxygens (including phenoxy) is 1. The number of hydrogen-bond acceptors (Lipinski definition) is 3. The van der Waals surface area contributed by atoms with E-state index in [2.05, 4.69) is 10.6 Å². The van der Waals surface area contributed by atoms with Gasteiger partial charge in [-0.3, -0.25) is 9.59 Å². The molecule has 0 saturated carbocycles. The van der Waals surface area contributed by atoms with Crippen LogP contribution in [-0.4, -0.2) is 17.9 Å². The Morgan fingerprint density at radius 1 is 0.806 bits per heavy atom. The summed E-state index contributed by atoms with van der Waals surface area (Å²) in [5.74, 6) is 0.0980. The zero-order valence-corrected chi connectivity index (χ0v) is 18.6. The zero-order valence-electron chi connectivity index (χ0n) is 18.6. The van der Waals surface area contributed by atoms with Crippen LogP contribution in [0.4, 0.5) is 11.4 Å². The smallest absolute Gasteiger partial charge is 0.265 e. The molecular formula is C26H28N2O3. The molecule has 0 spiro atoms. The van der Waals surface area contributed by atoms with Crippen LogP contribution < -0.4 is 15.4 Å². The van der Waals surface area contributed by atoms with Gasteiger partial charge in [-0.1, -0.05) is 35.9 Å². The lowest BCUT2D eigenvalue weighted by molar-refractivity contribution is -0.122. The molecule has 0 aliphatic carbocycles. The van der Waals surface area contributed by atoms with Crippen molar-refractivity contribution in [1.82, 2.24) is 0 Å². The Morgan fingerprint density at radius 3 is 2.03 bits per heavy atom. The normalized spacial score (nSPS) is 11.5. The van der Waals surface area contributed by atoms with E-state index in [0.29, 0.717) is 11.3 Å². The number of nitrogens with one attached hydrogen (secondary N) is 2. The largest absolute Gasteiger partial charge is 0.481 e. The van der Waals surface area contributed by atoms with Crippen LogP contribution in [0.1, 0.15) is 39.5 Å². The predicted molar refractivity (Wildman–Crippen MR) is 125 cm³/mol. The van der Waals surface area contributed by atoms with Crippen molar-refractivity contribution in [3.63, 3.8) is 0 Å². The van der Waals surface area contributed by atoms with Gasteiger partial charge in [-0.25, -0.2) is 0 Å². The zero-order chi connectivity index (χ0) is 22.5. The fourth-order valence-electron chi connectivity index (χ4n) is 3.45. The van der Waals surface area contributed by atoms with Gasteiger partial charge >= 0.3 is 0 Å². The highest BCUT2D eigenvalue weighted by Crippen LogP contribution is 2.23. The Balaban J connectivity index is 1.62. The van der Waals surface area contributed by atoms with Gasteiger partial charge < -0.3 is 15.4 Å². The summed E-state index contributed by atoms with van der Waals surface area (Å²) in [6.45, 7) is 9.62. The summed E-state index contributed by atoms with van der Waals surface area (Å²) in [6, 6.07) is 18.4. The number of amides is 2. The van der Waals surface area contributed by atoms with Gasteiger partial charge in [0.25, 0.3) is 11.8 Å². The molecule has 0 aromatic heterocycles. The maximum atomic E-state index is 12.6. The number of carbonyl (C=O) groups is 2. The van der Waals surface area contributed by atoms with Crippen molar-refractivity contribution in [1.29, 1.82) is 0 Å². The Kier molecular flexibility index (Phi) is 6.75. The maximum Gasteiger partial charge on any atom is 0.265 e. The molecule has 5 nitrogen and oxygen atoms in total. The van der Waals surface area contributed by atoms with Gasteiger partial charge in [-0.2, -0.15) is 0 Å². The lowest BCUT2D eigenvalue weighted by Gasteiger charge is -2.18. The Hall–Kier alpha value is -3.60. The van der Waals surface area contributed by atoms with Crippen LogP contribution >= 0.6 is 0 Å². The van der Waals surface area contributed by atoms with Gasteiger partial charge in [0.05, 0.1) is 0 Å². The Labute approximate surface area is 183 Å². The lowest BCUT2D eigenvalue weighted by Crippen LogP contribution is -2.30. The van der Waals surface area contributed by atoms with Crippen molar-refractivity contribution in [2.45, 2.75) is 40.7 Å². The summed E-state index contributed by atoms with van der Waals surface area (Å²) < 4.78 is 5.78. The van der Waals surface area contributed by atoms with Crippen molar-refractivity contribution in [3.8, 4) is 5.75 Å². The first-order valence-electron chi connectivity index (χ1n) is 10.3. The van der Waals surface area contributed by atoms with Crippen molar-refractivity contribution in [2.24, 2.45) is 0 Å². The van der Waals surface area contributed by atoms with Crippen LogP contribution in [0.3, 0.4) is 0 Å². The number of benzene rings is 3. The number of rotatable bonds is 6. The monoisotopic (exact) mass is 416 g/mol. The molecule has 0 fully saturated rings. The molecule has 3 aromatic carbocycles. The number of para-hydroxylation sites is 1. The minimum atomic E-state index is -0.688. The summed E-state index contributed by atoms with van der Waals surface area (Å²) in [6.07, 6.45) is -0.688. The average molecular weight is 417 g/mol. The van der Waals surface area contributed by atoms with Crippen molar-refractivity contribution in [2.75, 3.05) is 10.6 Å². The second-order valence-corrected chi connectivity index (χ2v) is 7.82. The van der Waals surface area contributed by atoms with E-state index in [9.17, 15) is 9.59 Å². The highest BCUT2D eigenvalue weighted by molar-refractivity contribution is 6.04. The Morgan fingerprint density at radius 2 is 1.42 bits per heavy atom. The summed E-state index contributed by atoms with van der Waals surface area (Å²) in [5.41, 5.74) is 6.29. The quantitative estimate of drug-likeness (QED) is 0.551. The van der Waals surface area contributed by atoms with Crippen LogP contribution in [0, 0.1) is 27.7 Å². The number of aryl methyl sites for hydroxylation is 4. The molecule has 3 rings (SSSR count). The van der Waals surface area contributed by atoms with E-state index in [0.717, 1.165) is 33.6 Å². The molecule has 0 unspecified atom stereocenters. The van der Waals surface area contributed by atoms with Gasteiger partial charge in [0.2, 0.25) is 0 Å². The molecule has 31 heavy (non-hydrogen) atoms. The third kappa shape index (κ3) is 5.51. The van der Waals surface area contributed by atoms with Gasteiger partial charge in [-0.05, 0) is 81.6 Å². The first-order chi connectivity index (χ1) is 14.7. The SMILES string of the molecule is Cc1cc(C)c(NC(=O)[C@@H](C)Oc2ccc(C(=O)Nc3ccccc3C)cc2)c(C)c1. The molecule has 5 heteroatoms. The first kappa shape index (κ1) is 22.1. The van der Waals surface area contributed by atoms with Gasteiger partial charge in [0.15, 0.2) is 6.10 Å². The lowest BCUT2D eigenvalue weighted by atomic mass is 10.0. The van der Waals surface area contributed by atoms with E-state index in [1.54, 1.807) is 31.2 Å². The summed E-state index contributed by atoms with van der Waals surface area (Å²) in [7, 11) is 0. The van der Waals surface area contributed by atoms with E-state index < -0.39 is 6.10 Å². The standard InChI is InChI=1S/C26H28N2O3/c1-16-14-18(3)24(19(4)15-16)28-25(29)20(5)31-22-12-10-21(11-13-22)26(30)27-23-9-7-6-8-17(23)2/h6-15,20H,1-5H3,(H,27,30)(H,28,29)/t20-/m1/s1. The van der Waals surface area contributed by atoms with Crippen LogP contribution in [0.15, 0.2) is 60.7 Å². The summed E-state index contributed by atoms with van der Waals surface area (Å²) in [4.78, 5) is 25.1. The average Bonchev–Trinajstić information content (AvgIpc) is 2.72. The van der Waals surface area contributed by atoms with Crippen molar-refractivity contribution < 1.29 is 14.3 Å². The van der Waals surface area contributed by atoms with Crippen molar-refractivity contribution in [3.05, 3.63) is 88.5 Å². The Bertz CT molecular complexity index is 1080. The fraction of sp³-hybridized carbons (Fsp3) is 0.231. The predicted octanol–water partition coefficient (Wildman–Crippen LogP) is 5.58. The summed E-state index contributed by atoms with van der Waals surface area (Å²) >= 11 is 0. The molecule has 0 bridgehead atoms. The molecule has 0 aliphatic rings. The molecule has 3 aromatic rings. The van der Waals surface area contributed by atoms with Gasteiger partial charge in [0, 0.05) is 16.9 Å². The van der Waals surface area contributed by atoms with E-state index in [1.807, 2.05) is 64.1 Å². The molecule has 0 heterocycles. The molecule has 0 radical (unpaired) electrons. The second-order valence-electron chi connectivity index (χ2n) is 7.82. The van der Waals surface area contributed by atoms with E-state index >= 15 is 0 Å². The molecular weight excluding hydrogens is 388 g/mol. The highest BCUT2D eigenvalue weighted by Gasteiger charge is 2.17. The topological polar surface area (TPSA) is 67.4 Å². The fourth-order valence-corrected chi connectivity index (χ4v) is 3.45. The number of carbonyl (C=O) groups excluding carboxylic acids is 2. The molecule has 0 saturated heterocycles. The van der Waals surface area contributed by atoms with Crippen LogP contribution in [0.25, 0.3) is 0 Å². The summed E-state index contributed by atoms with van der Waals surface area (Å²) in [5, 5.41) is 5.86. The first-order valence-corrected chi connectivity index (χ1v) is 10.3. The number of anilines is 2. The number of hydrogen-bond donors (Lipinski definition) is 2. The van der Waals surface area contributed by atoms with Crippen molar-refractivity contribution >= 4 is 23.2 Å². The van der Waals surface area contributed by atoms with E-state index in [-0.39, 0.29) is 11.8 Å². The third-order valence-corrected chi connectivity index (χ3v) is 5.12. The van der Waals surface area contributed by atoms with Crippen LogP contribution in [0.2, 0.25) is 0 Å². The third-order valence-electron chi connectivity index (χ3n) is 5.12. The van der Waals surface area contributed by atoms with Gasteiger partial charge in [0.1, 0.15) is 5.75 Å². The maximum absolute atomic E-state index is 12.6. The molecule has 160 valence electrons. The van der Waals surface area contributed by atoms with Gasteiger partial charge in [-0.15, -0.1) is 0 Å². The molecule has 2 amide bonds. The molecule has 2 N–H and O–H groups in total. The molecule has 1 atom stereocenters. The molecule has 0 aliphatic heterocycles.